The van der Waals surface area contributed by atoms with Crippen LogP contribution in [-0.4, -0.2) is 35.2 Å². The first-order valence-corrected chi connectivity index (χ1v) is 11.6. The van der Waals surface area contributed by atoms with Crippen LogP contribution in [0.2, 0.25) is 0 Å². The molecular weight excluding hydrogens is 448 g/mol. The van der Waals surface area contributed by atoms with Gasteiger partial charge in [-0.1, -0.05) is 61.9 Å². The molecule has 2 amide bonds. The highest BCUT2D eigenvalue weighted by Crippen LogP contribution is 2.44. The van der Waals surface area contributed by atoms with E-state index in [2.05, 4.69) is 22.8 Å². The van der Waals surface area contributed by atoms with Crippen molar-refractivity contribution < 1.29 is 28.6 Å². The third kappa shape index (κ3) is 5.06. The van der Waals surface area contributed by atoms with Gasteiger partial charge in [0.1, 0.15) is 17.9 Å². The maximum absolute atomic E-state index is 12.5. The average molecular weight is 477 g/mol. The van der Waals surface area contributed by atoms with E-state index in [-0.39, 0.29) is 31.3 Å². The Morgan fingerprint density at radius 3 is 2.23 bits per heavy atom. The quantitative estimate of drug-likeness (QED) is 0.412. The van der Waals surface area contributed by atoms with Gasteiger partial charge in [-0.25, -0.2) is 9.59 Å². The number of hydrogen-bond donors (Lipinski definition) is 3. The molecular formula is C27H28N2O6. The monoisotopic (exact) mass is 476 g/mol. The van der Waals surface area contributed by atoms with E-state index in [1.165, 1.54) is 13.0 Å². The maximum Gasteiger partial charge on any atom is 0.407 e. The second-order valence-corrected chi connectivity index (χ2v) is 8.79. The Balaban J connectivity index is 1.32. The molecule has 0 radical (unpaired) electrons. The number of rotatable bonds is 9. The molecule has 1 heterocycles. The van der Waals surface area contributed by atoms with Crippen molar-refractivity contribution in [3.8, 4) is 11.1 Å². The summed E-state index contributed by atoms with van der Waals surface area (Å²) in [6, 6.07) is 19.2. The number of fused-ring (bicyclic) bond motifs is 3. The summed E-state index contributed by atoms with van der Waals surface area (Å²) >= 11 is 0. The van der Waals surface area contributed by atoms with E-state index in [4.69, 9.17) is 9.15 Å². The fourth-order valence-corrected chi connectivity index (χ4v) is 4.44. The van der Waals surface area contributed by atoms with Crippen LogP contribution in [-0.2, 0) is 16.1 Å². The molecule has 0 spiro atoms. The Morgan fingerprint density at radius 2 is 1.63 bits per heavy atom. The van der Waals surface area contributed by atoms with E-state index < -0.39 is 23.5 Å². The predicted octanol–water partition coefficient (Wildman–Crippen LogP) is 4.69. The van der Waals surface area contributed by atoms with E-state index in [0.717, 1.165) is 22.3 Å². The fourth-order valence-electron chi connectivity index (χ4n) is 4.44. The summed E-state index contributed by atoms with van der Waals surface area (Å²) in [6.07, 6.45) is 0.275. The number of amides is 2. The van der Waals surface area contributed by atoms with Crippen molar-refractivity contribution >= 4 is 18.0 Å². The molecule has 4 rings (SSSR count). The van der Waals surface area contributed by atoms with Crippen LogP contribution in [0.15, 0.2) is 65.1 Å². The lowest BCUT2D eigenvalue weighted by Gasteiger charge is -2.25. The number of benzene rings is 2. The topological polar surface area (TPSA) is 118 Å². The first-order valence-electron chi connectivity index (χ1n) is 11.6. The molecule has 35 heavy (non-hydrogen) atoms. The Morgan fingerprint density at radius 1 is 1.00 bits per heavy atom. The summed E-state index contributed by atoms with van der Waals surface area (Å²) in [5.41, 5.74) is 3.16. The van der Waals surface area contributed by atoms with Crippen molar-refractivity contribution in [3.05, 3.63) is 83.3 Å². The molecule has 0 aliphatic heterocycles. The summed E-state index contributed by atoms with van der Waals surface area (Å²) in [5, 5.41) is 14.6. The molecule has 1 unspecified atom stereocenters. The summed E-state index contributed by atoms with van der Waals surface area (Å²) in [7, 11) is 0. The number of ether oxygens (including phenoxy) is 1. The van der Waals surface area contributed by atoms with Crippen molar-refractivity contribution in [2.45, 2.75) is 44.7 Å². The number of carbonyl (C=O) groups excluding carboxylic acids is 2. The molecule has 1 atom stereocenters. The summed E-state index contributed by atoms with van der Waals surface area (Å²) in [6.45, 7) is 3.51. The van der Waals surface area contributed by atoms with Gasteiger partial charge in [0, 0.05) is 5.92 Å². The second kappa shape index (κ2) is 10.0. The molecule has 0 saturated heterocycles. The largest absolute Gasteiger partial charge is 0.480 e. The van der Waals surface area contributed by atoms with Gasteiger partial charge in [-0.2, -0.15) is 0 Å². The molecule has 8 heteroatoms. The molecule has 0 saturated carbocycles. The van der Waals surface area contributed by atoms with Crippen LogP contribution in [0.1, 0.15) is 60.0 Å². The number of nitrogens with one attached hydrogen (secondary N) is 2. The summed E-state index contributed by atoms with van der Waals surface area (Å²) in [5.74, 6) is -1.47. The lowest BCUT2D eigenvalue weighted by Crippen LogP contribution is -2.52. The molecule has 3 aromatic rings. The lowest BCUT2D eigenvalue weighted by atomic mass is 9.96. The van der Waals surface area contributed by atoms with Gasteiger partial charge in [-0.15, -0.1) is 0 Å². The second-order valence-electron chi connectivity index (χ2n) is 8.79. The standard InChI is InChI=1S/C27H28N2O6/c1-3-14-27(2,25(31)32)29-24(30)23-13-12-17(35-23)15-28-26(33)34-16-22-20-10-6-4-8-18(20)19-9-5-7-11-21(19)22/h4-13,22H,3,14-16H2,1-2H3,(H,28,33)(H,29,30)(H,31,32). The van der Waals surface area contributed by atoms with Crippen LogP contribution in [0.5, 0.6) is 0 Å². The van der Waals surface area contributed by atoms with Gasteiger partial charge in [-0.3, -0.25) is 4.79 Å². The van der Waals surface area contributed by atoms with Crippen LogP contribution in [0.4, 0.5) is 4.79 Å². The van der Waals surface area contributed by atoms with E-state index in [9.17, 15) is 19.5 Å². The summed E-state index contributed by atoms with van der Waals surface area (Å²) < 4.78 is 11.0. The van der Waals surface area contributed by atoms with E-state index in [1.807, 2.05) is 43.3 Å². The van der Waals surface area contributed by atoms with Crippen LogP contribution in [0.3, 0.4) is 0 Å². The first-order chi connectivity index (χ1) is 16.8. The number of alkyl carbamates (subject to hydrolysis) is 1. The van der Waals surface area contributed by atoms with Gasteiger partial charge in [0.05, 0.1) is 6.54 Å². The zero-order valence-electron chi connectivity index (χ0n) is 19.7. The first kappa shape index (κ1) is 24.1. The van der Waals surface area contributed by atoms with E-state index in [0.29, 0.717) is 12.2 Å². The van der Waals surface area contributed by atoms with Gasteiger partial charge in [0.25, 0.3) is 5.91 Å². The van der Waals surface area contributed by atoms with E-state index >= 15 is 0 Å². The molecule has 1 aliphatic rings. The van der Waals surface area contributed by atoms with Crippen LogP contribution in [0, 0.1) is 0 Å². The minimum atomic E-state index is -1.39. The fraction of sp³-hybridized carbons (Fsp3) is 0.296. The number of aliphatic carboxylic acids is 1. The van der Waals surface area contributed by atoms with Crippen LogP contribution < -0.4 is 10.6 Å². The third-order valence-electron chi connectivity index (χ3n) is 6.25. The van der Waals surface area contributed by atoms with Gasteiger partial charge >= 0.3 is 12.1 Å². The smallest absolute Gasteiger partial charge is 0.407 e. The van der Waals surface area contributed by atoms with Crippen molar-refractivity contribution in [3.63, 3.8) is 0 Å². The zero-order valence-corrected chi connectivity index (χ0v) is 19.7. The number of carboxylic acid groups (broad SMARTS) is 1. The molecule has 2 aromatic carbocycles. The third-order valence-corrected chi connectivity index (χ3v) is 6.25. The van der Waals surface area contributed by atoms with Crippen molar-refractivity contribution in [2.24, 2.45) is 0 Å². The Hall–Kier alpha value is -4.07. The van der Waals surface area contributed by atoms with Gasteiger partial charge in [0.15, 0.2) is 5.76 Å². The Labute approximate surface area is 203 Å². The molecule has 3 N–H and O–H groups in total. The lowest BCUT2D eigenvalue weighted by molar-refractivity contribution is -0.144. The minimum absolute atomic E-state index is 0.0229. The number of furan rings is 1. The highest BCUT2D eigenvalue weighted by Gasteiger charge is 2.35. The Bertz CT molecular complexity index is 1200. The SMILES string of the molecule is CCCC(C)(NC(=O)c1ccc(CNC(=O)OCC2c3ccccc3-c3ccccc32)o1)C(=O)O. The number of carbonyl (C=O) groups is 3. The molecule has 1 aromatic heterocycles. The highest BCUT2D eigenvalue weighted by molar-refractivity contribution is 5.95. The van der Waals surface area contributed by atoms with Crippen molar-refractivity contribution in [1.29, 1.82) is 0 Å². The van der Waals surface area contributed by atoms with Crippen molar-refractivity contribution in [2.75, 3.05) is 6.61 Å². The number of carboxylic acids is 1. The van der Waals surface area contributed by atoms with Crippen LogP contribution in [0.25, 0.3) is 11.1 Å². The Kier molecular flexibility index (Phi) is 6.91. The normalized spacial score (nSPS) is 13.9. The van der Waals surface area contributed by atoms with Gasteiger partial charge < -0.3 is 24.9 Å². The average Bonchev–Trinajstić information content (AvgIpc) is 3.45. The molecule has 8 nitrogen and oxygen atoms in total. The van der Waals surface area contributed by atoms with Gasteiger partial charge in [-0.05, 0) is 47.7 Å². The maximum atomic E-state index is 12.5. The molecule has 0 bridgehead atoms. The van der Waals surface area contributed by atoms with Crippen molar-refractivity contribution in [1.82, 2.24) is 10.6 Å². The summed E-state index contributed by atoms with van der Waals surface area (Å²) in [4.78, 5) is 36.4. The molecule has 0 fully saturated rings. The predicted molar refractivity (Wildman–Crippen MR) is 129 cm³/mol. The zero-order chi connectivity index (χ0) is 25.0. The number of hydrogen-bond acceptors (Lipinski definition) is 5. The van der Waals surface area contributed by atoms with Crippen LogP contribution >= 0.6 is 0 Å². The molecule has 182 valence electrons. The minimum Gasteiger partial charge on any atom is -0.480 e. The van der Waals surface area contributed by atoms with Gasteiger partial charge in [0.2, 0.25) is 0 Å². The molecule has 1 aliphatic carbocycles. The van der Waals surface area contributed by atoms with E-state index in [1.54, 1.807) is 6.07 Å². The highest BCUT2D eigenvalue weighted by atomic mass is 16.5.